The molecule has 1 aliphatic heterocycles. The molecule has 1 aromatic carbocycles. The number of aliphatic hydroxyl groups excluding tert-OH is 2. The Hall–Kier alpha value is -2.42. The van der Waals surface area contributed by atoms with Crippen molar-refractivity contribution in [1.29, 1.82) is 0 Å². The maximum Gasteiger partial charge on any atom is 0.330 e. The van der Waals surface area contributed by atoms with Gasteiger partial charge in [-0.1, -0.05) is 18.2 Å². The van der Waals surface area contributed by atoms with Gasteiger partial charge in [-0.25, -0.2) is 4.79 Å². The van der Waals surface area contributed by atoms with Gasteiger partial charge in [0.2, 0.25) is 0 Å². The van der Waals surface area contributed by atoms with Crippen LogP contribution in [0.1, 0.15) is 12.0 Å². The molecule has 3 rings (SSSR count). The smallest absolute Gasteiger partial charge is 0.330 e. The molecule has 3 atom stereocenters. The minimum absolute atomic E-state index is 0.0381. The average molecular weight is 348 g/mol. The Labute approximate surface area is 143 Å². The summed E-state index contributed by atoms with van der Waals surface area (Å²) in [5.41, 5.74) is -2.17. The first-order valence-corrected chi connectivity index (χ1v) is 7.93. The molecular weight excluding hydrogens is 328 g/mol. The largest absolute Gasteiger partial charge is 0.489 e. The van der Waals surface area contributed by atoms with Gasteiger partial charge in [-0.3, -0.25) is 14.3 Å². The van der Waals surface area contributed by atoms with Crippen LogP contribution in [0, 0.1) is 6.92 Å². The van der Waals surface area contributed by atoms with Crippen molar-refractivity contribution in [3.05, 3.63) is 62.9 Å². The van der Waals surface area contributed by atoms with E-state index in [0.717, 1.165) is 0 Å². The quantitative estimate of drug-likeness (QED) is 0.685. The number of nitrogens with one attached hydrogen (secondary N) is 1. The molecule has 1 saturated heterocycles. The van der Waals surface area contributed by atoms with Crippen LogP contribution in [-0.2, 0) is 10.5 Å². The van der Waals surface area contributed by atoms with Crippen LogP contribution in [0.25, 0.3) is 0 Å². The SMILES string of the molecule is Cc1cn([C@@]2(COc3ccccc3)CC(O)[C@@H](CO)O2)c(=O)[nH]c1=O. The van der Waals surface area contributed by atoms with E-state index in [0.29, 0.717) is 11.3 Å². The van der Waals surface area contributed by atoms with E-state index in [1.807, 2.05) is 6.07 Å². The maximum absolute atomic E-state index is 12.3. The monoisotopic (exact) mass is 348 g/mol. The summed E-state index contributed by atoms with van der Waals surface area (Å²) in [6, 6.07) is 8.96. The van der Waals surface area contributed by atoms with Crippen molar-refractivity contribution < 1.29 is 19.7 Å². The molecule has 0 bridgehead atoms. The first-order valence-electron chi connectivity index (χ1n) is 7.93. The summed E-state index contributed by atoms with van der Waals surface area (Å²) in [6.45, 7) is 1.09. The highest BCUT2D eigenvalue weighted by Crippen LogP contribution is 2.35. The third-order valence-electron chi connectivity index (χ3n) is 4.27. The molecule has 0 amide bonds. The molecule has 3 N–H and O–H groups in total. The van der Waals surface area contributed by atoms with Crippen LogP contribution >= 0.6 is 0 Å². The number of rotatable bonds is 5. The van der Waals surface area contributed by atoms with Gasteiger partial charge < -0.3 is 19.7 Å². The number of aryl methyl sites for hydroxylation is 1. The van der Waals surface area contributed by atoms with Crippen LogP contribution in [0.2, 0.25) is 0 Å². The van der Waals surface area contributed by atoms with Crippen molar-refractivity contribution in [2.45, 2.75) is 31.3 Å². The molecule has 0 spiro atoms. The molecule has 8 nitrogen and oxygen atoms in total. The molecule has 1 aliphatic rings. The van der Waals surface area contributed by atoms with Crippen molar-refractivity contribution in [2.75, 3.05) is 13.2 Å². The second-order valence-corrected chi connectivity index (χ2v) is 6.10. The number of nitrogens with zero attached hydrogens (tertiary/aromatic N) is 1. The summed E-state index contributed by atoms with van der Waals surface area (Å²) in [4.78, 5) is 26.2. The van der Waals surface area contributed by atoms with Crippen LogP contribution in [0.5, 0.6) is 5.75 Å². The van der Waals surface area contributed by atoms with E-state index in [-0.39, 0.29) is 13.0 Å². The van der Waals surface area contributed by atoms with Gasteiger partial charge >= 0.3 is 5.69 Å². The van der Waals surface area contributed by atoms with Crippen molar-refractivity contribution in [2.24, 2.45) is 0 Å². The first kappa shape index (κ1) is 17.4. The Kier molecular flexibility index (Phi) is 4.76. The summed E-state index contributed by atoms with van der Waals surface area (Å²) in [7, 11) is 0. The molecule has 1 unspecified atom stereocenters. The molecular formula is C17H20N2O6. The number of aromatic amines is 1. The van der Waals surface area contributed by atoms with E-state index in [9.17, 15) is 19.8 Å². The van der Waals surface area contributed by atoms with E-state index in [2.05, 4.69) is 4.98 Å². The normalized spacial score (nSPS) is 25.9. The lowest BCUT2D eigenvalue weighted by Crippen LogP contribution is -2.48. The number of hydrogen-bond acceptors (Lipinski definition) is 6. The van der Waals surface area contributed by atoms with Gasteiger partial charge in [0.15, 0.2) is 5.72 Å². The predicted octanol–water partition coefficient (Wildman–Crippen LogP) is -0.281. The zero-order valence-electron chi connectivity index (χ0n) is 13.7. The summed E-state index contributed by atoms with van der Waals surface area (Å²) in [5.74, 6) is 0.571. The Balaban J connectivity index is 2.00. The van der Waals surface area contributed by atoms with Crippen molar-refractivity contribution in [3.63, 3.8) is 0 Å². The van der Waals surface area contributed by atoms with E-state index < -0.39 is 35.8 Å². The highest BCUT2D eigenvalue weighted by atomic mass is 16.6. The topological polar surface area (TPSA) is 114 Å². The fourth-order valence-corrected chi connectivity index (χ4v) is 2.93. The lowest BCUT2D eigenvalue weighted by molar-refractivity contribution is -0.138. The van der Waals surface area contributed by atoms with Crippen LogP contribution in [0.15, 0.2) is 46.1 Å². The Morgan fingerprint density at radius 3 is 2.72 bits per heavy atom. The lowest BCUT2D eigenvalue weighted by atomic mass is 10.1. The third kappa shape index (κ3) is 3.37. The molecule has 134 valence electrons. The van der Waals surface area contributed by atoms with Crippen LogP contribution in [-0.4, -0.2) is 45.2 Å². The zero-order chi connectivity index (χ0) is 18.0. The third-order valence-corrected chi connectivity index (χ3v) is 4.27. The van der Waals surface area contributed by atoms with Gasteiger partial charge in [0.05, 0.1) is 12.7 Å². The summed E-state index contributed by atoms with van der Waals surface area (Å²) >= 11 is 0. The number of aromatic nitrogens is 2. The van der Waals surface area contributed by atoms with Gasteiger partial charge in [-0.2, -0.15) is 0 Å². The summed E-state index contributed by atoms with van der Waals surface area (Å²) < 4.78 is 12.8. The fourth-order valence-electron chi connectivity index (χ4n) is 2.93. The standard InChI is InChI=1S/C17H20N2O6/c1-11-8-19(16(23)18-15(11)22)17(7-13(21)14(9-20)25-17)10-24-12-5-3-2-4-6-12/h2-6,8,13-14,20-21H,7,9-10H2,1H3,(H,18,22,23)/t13?,14-,17+/m1/s1. The molecule has 1 fully saturated rings. The molecule has 8 heteroatoms. The highest BCUT2D eigenvalue weighted by molar-refractivity contribution is 5.21. The van der Waals surface area contributed by atoms with Gasteiger partial charge in [0, 0.05) is 18.2 Å². The number of ether oxygens (including phenoxy) is 2. The molecule has 0 aliphatic carbocycles. The van der Waals surface area contributed by atoms with Crippen LogP contribution in [0.3, 0.4) is 0 Å². The van der Waals surface area contributed by atoms with Gasteiger partial charge in [-0.15, -0.1) is 0 Å². The summed E-state index contributed by atoms with van der Waals surface area (Å²) in [5, 5.41) is 19.6. The number of aliphatic hydroxyl groups is 2. The minimum Gasteiger partial charge on any atom is -0.489 e. The number of hydrogen-bond donors (Lipinski definition) is 3. The van der Waals surface area contributed by atoms with Crippen molar-refractivity contribution in [3.8, 4) is 5.75 Å². The highest BCUT2D eigenvalue weighted by Gasteiger charge is 2.48. The van der Waals surface area contributed by atoms with Gasteiger partial charge in [0.25, 0.3) is 5.56 Å². The lowest BCUT2D eigenvalue weighted by Gasteiger charge is -2.31. The number of benzene rings is 1. The zero-order valence-corrected chi connectivity index (χ0v) is 13.7. The fraction of sp³-hybridized carbons (Fsp3) is 0.412. The average Bonchev–Trinajstić information content (AvgIpc) is 2.94. The molecule has 2 heterocycles. The predicted molar refractivity (Wildman–Crippen MR) is 88.6 cm³/mol. The number of para-hydroxylation sites is 1. The second-order valence-electron chi connectivity index (χ2n) is 6.10. The minimum atomic E-state index is -1.34. The molecule has 25 heavy (non-hydrogen) atoms. The van der Waals surface area contributed by atoms with Crippen molar-refractivity contribution >= 4 is 0 Å². The van der Waals surface area contributed by atoms with E-state index in [1.165, 1.54) is 10.8 Å². The molecule has 2 aromatic rings. The van der Waals surface area contributed by atoms with Crippen LogP contribution in [0.4, 0.5) is 0 Å². The molecule has 1 aromatic heterocycles. The first-order chi connectivity index (χ1) is 11.9. The van der Waals surface area contributed by atoms with Crippen LogP contribution < -0.4 is 16.0 Å². The van der Waals surface area contributed by atoms with Gasteiger partial charge in [0.1, 0.15) is 18.5 Å². The van der Waals surface area contributed by atoms with E-state index in [1.54, 1.807) is 31.2 Å². The number of H-pyrrole nitrogens is 1. The van der Waals surface area contributed by atoms with E-state index in [4.69, 9.17) is 9.47 Å². The summed E-state index contributed by atoms with van der Waals surface area (Å²) in [6.07, 6.45) is -0.402. The maximum atomic E-state index is 12.3. The Morgan fingerprint density at radius 2 is 2.08 bits per heavy atom. The van der Waals surface area contributed by atoms with E-state index >= 15 is 0 Å². The molecule has 0 saturated carbocycles. The molecule has 0 radical (unpaired) electrons. The second kappa shape index (κ2) is 6.83. The van der Waals surface area contributed by atoms with Gasteiger partial charge in [-0.05, 0) is 19.1 Å². The Morgan fingerprint density at radius 1 is 1.36 bits per heavy atom. The Bertz CT molecular complexity index is 846. The van der Waals surface area contributed by atoms with Crippen molar-refractivity contribution in [1.82, 2.24) is 9.55 Å².